The third-order valence-electron chi connectivity index (χ3n) is 4.37. The molecule has 0 amide bonds. The molecule has 1 unspecified atom stereocenters. The zero-order valence-electron chi connectivity index (χ0n) is 15.2. The Kier molecular flexibility index (Phi) is 5.36. The Morgan fingerprint density at radius 3 is 2.50 bits per heavy atom. The Bertz CT molecular complexity index is 1000. The average molecular weight is 369 g/mol. The Morgan fingerprint density at radius 1 is 1.08 bits per heavy atom. The van der Waals surface area contributed by atoms with E-state index in [1.165, 1.54) is 0 Å². The van der Waals surface area contributed by atoms with Crippen molar-refractivity contribution in [2.45, 2.75) is 17.9 Å². The molecule has 2 aromatic carbocycles. The molecule has 1 atom stereocenters. The van der Waals surface area contributed by atoms with Gasteiger partial charge < -0.3 is 4.90 Å². The third kappa shape index (κ3) is 3.93. The van der Waals surface area contributed by atoms with Crippen molar-refractivity contribution >= 4 is 20.9 Å². The van der Waals surface area contributed by atoms with Crippen LogP contribution in [0, 0.1) is 6.92 Å². The van der Waals surface area contributed by atoms with Crippen molar-refractivity contribution in [1.82, 2.24) is 14.6 Å². The molecule has 3 rings (SSSR count). The van der Waals surface area contributed by atoms with Gasteiger partial charge in [0.1, 0.15) is 4.90 Å². The van der Waals surface area contributed by atoms with Crippen LogP contribution in [0.5, 0.6) is 0 Å². The molecule has 1 N–H and O–H groups in total. The topological polar surface area (TPSA) is 62.3 Å². The van der Waals surface area contributed by atoms with Crippen LogP contribution in [0.2, 0.25) is 0 Å². The highest BCUT2D eigenvalue weighted by atomic mass is 32.2. The van der Waals surface area contributed by atoms with Crippen LogP contribution < -0.4 is 4.72 Å². The SMILES string of the molecule is Cc1cnc2c(S(=O)(=O)NCC(c3ccccc3)N(C)C)cccc2c1. The minimum absolute atomic E-state index is 0.0591. The molecule has 0 aliphatic rings. The van der Waals surface area contributed by atoms with Crippen molar-refractivity contribution in [2.75, 3.05) is 20.6 Å². The molecule has 0 fully saturated rings. The second kappa shape index (κ2) is 7.53. The monoisotopic (exact) mass is 369 g/mol. The van der Waals surface area contributed by atoms with Gasteiger partial charge in [0.15, 0.2) is 0 Å². The number of aryl methyl sites for hydroxylation is 1. The zero-order valence-corrected chi connectivity index (χ0v) is 16.0. The number of pyridine rings is 1. The van der Waals surface area contributed by atoms with E-state index in [1.807, 2.05) is 68.4 Å². The second-order valence-corrected chi connectivity index (χ2v) is 8.32. The second-order valence-electron chi connectivity index (χ2n) is 6.58. The number of aromatic nitrogens is 1. The van der Waals surface area contributed by atoms with Crippen LogP contribution in [0.3, 0.4) is 0 Å². The Hall–Kier alpha value is -2.28. The summed E-state index contributed by atoms with van der Waals surface area (Å²) < 4.78 is 28.6. The largest absolute Gasteiger partial charge is 0.301 e. The summed E-state index contributed by atoms with van der Waals surface area (Å²) in [5.41, 5.74) is 2.55. The Balaban J connectivity index is 1.90. The summed E-state index contributed by atoms with van der Waals surface area (Å²) in [4.78, 5) is 6.55. The van der Waals surface area contributed by atoms with E-state index in [-0.39, 0.29) is 17.5 Å². The van der Waals surface area contributed by atoms with Crippen LogP contribution in [-0.4, -0.2) is 38.9 Å². The van der Waals surface area contributed by atoms with Crippen LogP contribution in [0.4, 0.5) is 0 Å². The van der Waals surface area contributed by atoms with Crippen LogP contribution in [-0.2, 0) is 10.0 Å². The predicted octanol–water partition coefficient (Wildman–Crippen LogP) is 3.12. The molecule has 1 heterocycles. The number of nitrogens with one attached hydrogen (secondary N) is 1. The van der Waals surface area contributed by atoms with E-state index in [2.05, 4.69) is 9.71 Å². The number of fused-ring (bicyclic) bond motifs is 1. The molecule has 136 valence electrons. The fourth-order valence-electron chi connectivity index (χ4n) is 3.00. The molecule has 0 aliphatic heterocycles. The van der Waals surface area contributed by atoms with E-state index in [0.29, 0.717) is 5.52 Å². The van der Waals surface area contributed by atoms with Crippen molar-refractivity contribution < 1.29 is 8.42 Å². The summed E-state index contributed by atoms with van der Waals surface area (Å²) in [5.74, 6) is 0. The lowest BCUT2D eigenvalue weighted by Gasteiger charge is -2.25. The first kappa shape index (κ1) is 18.5. The number of para-hydroxylation sites is 1. The van der Waals surface area contributed by atoms with E-state index < -0.39 is 10.0 Å². The first-order chi connectivity index (χ1) is 12.4. The molecule has 0 bridgehead atoms. The van der Waals surface area contributed by atoms with Crippen molar-refractivity contribution in [3.8, 4) is 0 Å². The highest BCUT2D eigenvalue weighted by Gasteiger charge is 2.21. The van der Waals surface area contributed by atoms with Crippen LogP contribution in [0.15, 0.2) is 65.7 Å². The van der Waals surface area contributed by atoms with Gasteiger partial charge in [-0.25, -0.2) is 13.1 Å². The van der Waals surface area contributed by atoms with Gasteiger partial charge in [0.25, 0.3) is 0 Å². The van der Waals surface area contributed by atoms with Crippen LogP contribution >= 0.6 is 0 Å². The van der Waals surface area contributed by atoms with Crippen LogP contribution in [0.1, 0.15) is 17.2 Å². The van der Waals surface area contributed by atoms with Gasteiger partial charge in [0, 0.05) is 24.2 Å². The van der Waals surface area contributed by atoms with Crippen molar-refractivity contribution in [3.05, 3.63) is 71.9 Å². The van der Waals surface area contributed by atoms with E-state index in [4.69, 9.17) is 0 Å². The number of sulfonamides is 1. The van der Waals surface area contributed by atoms with Gasteiger partial charge in [0.2, 0.25) is 10.0 Å². The Labute approximate surface area is 154 Å². The van der Waals surface area contributed by atoms with E-state index in [0.717, 1.165) is 16.5 Å². The van der Waals surface area contributed by atoms with Gasteiger partial charge in [-0.15, -0.1) is 0 Å². The molecule has 1 aromatic heterocycles. The maximum atomic E-state index is 12.9. The molecule has 0 spiro atoms. The summed E-state index contributed by atoms with van der Waals surface area (Å²) in [6.07, 6.45) is 1.69. The zero-order chi connectivity index (χ0) is 18.7. The molecule has 0 radical (unpaired) electrons. The number of nitrogens with zero attached hydrogens (tertiary/aromatic N) is 2. The number of rotatable bonds is 6. The van der Waals surface area contributed by atoms with Gasteiger partial charge in [-0.3, -0.25) is 4.98 Å². The van der Waals surface area contributed by atoms with Gasteiger partial charge >= 0.3 is 0 Å². The van der Waals surface area contributed by atoms with Crippen molar-refractivity contribution in [1.29, 1.82) is 0 Å². The van der Waals surface area contributed by atoms with E-state index in [1.54, 1.807) is 18.3 Å². The molecule has 0 saturated carbocycles. The molecule has 5 nitrogen and oxygen atoms in total. The Morgan fingerprint density at radius 2 is 1.81 bits per heavy atom. The average Bonchev–Trinajstić information content (AvgIpc) is 2.61. The number of hydrogen-bond acceptors (Lipinski definition) is 4. The lowest BCUT2D eigenvalue weighted by molar-refractivity contribution is 0.299. The summed E-state index contributed by atoms with van der Waals surface area (Å²) in [5, 5.41) is 0.820. The summed E-state index contributed by atoms with van der Waals surface area (Å²) in [6, 6.07) is 17.0. The molecule has 3 aromatic rings. The fraction of sp³-hybridized carbons (Fsp3) is 0.250. The molecule has 0 saturated heterocycles. The van der Waals surface area contributed by atoms with Gasteiger partial charge in [0.05, 0.1) is 5.52 Å². The number of likely N-dealkylation sites (N-methyl/N-ethyl adjacent to an activating group) is 1. The van der Waals surface area contributed by atoms with Gasteiger partial charge in [-0.2, -0.15) is 0 Å². The summed E-state index contributed by atoms with van der Waals surface area (Å²) >= 11 is 0. The van der Waals surface area contributed by atoms with Crippen LogP contribution in [0.25, 0.3) is 10.9 Å². The first-order valence-electron chi connectivity index (χ1n) is 8.45. The van der Waals surface area contributed by atoms with Gasteiger partial charge in [-0.05, 0) is 44.3 Å². The lowest BCUT2D eigenvalue weighted by Crippen LogP contribution is -2.34. The molecular formula is C20H23N3O2S. The number of hydrogen-bond donors (Lipinski definition) is 1. The normalized spacial score (nSPS) is 13.2. The maximum absolute atomic E-state index is 12.9. The standard InChI is InChI=1S/C20H23N3O2S/c1-15-12-17-10-7-11-19(20(17)21-13-15)26(24,25)22-14-18(23(2)3)16-8-5-4-6-9-16/h4-13,18,22H,14H2,1-3H3. The summed E-state index contributed by atoms with van der Waals surface area (Å²) in [7, 11) is 0.202. The number of benzene rings is 2. The van der Waals surface area contributed by atoms with Gasteiger partial charge in [-0.1, -0.05) is 42.5 Å². The maximum Gasteiger partial charge on any atom is 0.242 e. The molecule has 6 heteroatoms. The lowest BCUT2D eigenvalue weighted by atomic mass is 10.1. The van der Waals surface area contributed by atoms with Crippen molar-refractivity contribution in [2.24, 2.45) is 0 Å². The minimum Gasteiger partial charge on any atom is -0.301 e. The highest BCUT2D eigenvalue weighted by Crippen LogP contribution is 2.23. The minimum atomic E-state index is -3.68. The van der Waals surface area contributed by atoms with E-state index >= 15 is 0 Å². The fourth-order valence-corrected chi connectivity index (χ4v) is 4.22. The third-order valence-corrected chi connectivity index (χ3v) is 5.83. The molecule has 0 aliphatic carbocycles. The molecular weight excluding hydrogens is 346 g/mol. The summed E-state index contributed by atoms with van der Waals surface area (Å²) in [6.45, 7) is 2.22. The predicted molar refractivity (Wildman–Crippen MR) is 105 cm³/mol. The molecule has 26 heavy (non-hydrogen) atoms. The van der Waals surface area contributed by atoms with E-state index in [9.17, 15) is 8.42 Å². The quantitative estimate of drug-likeness (QED) is 0.725. The van der Waals surface area contributed by atoms with Crippen molar-refractivity contribution in [3.63, 3.8) is 0 Å². The first-order valence-corrected chi connectivity index (χ1v) is 9.93. The smallest absolute Gasteiger partial charge is 0.242 e. The highest BCUT2D eigenvalue weighted by molar-refractivity contribution is 7.89.